The van der Waals surface area contributed by atoms with Crippen LogP contribution in [0.15, 0.2) is 29.8 Å². The van der Waals surface area contributed by atoms with Crippen LogP contribution in [0.4, 0.5) is 5.69 Å². The molecule has 0 saturated heterocycles. The topological polar surface area (TPSA) is 77.3 Å². The molecule has 0 amide bonds. The van der Waals surface area contributed by atoms with E-state index in [-0.39, 0.29) is 34.2 Å². The molecule has 2 bridgehead atoms. The molecule has 0 spiro atoms. The van der Waals surface area contributed by atoms with Crippen molar-refractivity contribution in [1.82, 2.24) is 0 Å². The summed E-state index contributed by atoms with van der Waals surface area (Å²) in [5.74, 6) is -0.549. The van der Waals surface area contributed by atoms with E-state index in [2.05, 4.69) is 0 Å². The van der Waals surface area contributed by atoms with Crippen LogP contribution in [0.25, 0.3) is 6.08 Å². The fraction of sp³-hybridized carbons (Fsp3) is 0.444. The van der Waals surface area contributed by atoms with E-state index in [1.165, 1.54) is 12.1 Å². The van der Waals surface area contributed by atoms with Gasteiger partial charge in [-0.3, -0.25) is 19.7 Å². The van der Waals surface area contributed by atoms with Gasteiger partial charge in [-0.15, -0.1) is 0 Å². The van der Waals surface area contributed by atoms with Crippen molar-refractivity contribution in [2.45, 2.75) is 33.6 Å². The Labute approximate surface area is 134 Å². The summed E-state index contributed by atoms with van der Waals surface area (Å²) in [6.07, 6.45) is 2.79. The summed E-state index contributed by atoms with van der Waals surface area (Å²) < 4.78 is 0. The number of rotatable bonds is 2. The SMILES string of the molecule is CC1(C)[C@H]2CC[C@]1(C)C(=O)/C(=C/c1ccccc1[N+](=O)[O-])C2=O. The predicted molar refractivity (Wildman–Crippen MR) is 85.7 cm³/mol. The summed E-state index contributed by atoms with van der Waals surface area (Å²) in [5, 5.41) is 11.1. The van der Waals surface area contributed by atoms with Crippen molar-refractivity contribution in [3.05, 3.63) is 45.5 Å². The molecule has 2 saturated carbocycles. The number of carbonyl (C=O) groups is 2. The van der Waals surface area contributed by atoms with Gasteiger partial charge in [0.2, 0.25) is 0 Å². The van der Waals surface area contributed by atoms with Crippen LogP contribution in [0, 0.1) is 26.9 Å². The lowest BCUT2D eigenvalue weighted by atomic mass is 9.57. The van der Waals surface area contributed by atoms with Crippen LogP contribution in [0.2, 0.25) is 0 Å². The Morgan fingerprint density at radius 1 is 1.22 bits per heavy atom. The molecular weight excluding hydrogens is 294 g/mol. The molecule has 0 unspecified atom stereocenters. The van der Waals surface area contributed by atoms with Gasteiger partial charge in [0.1, 0.15) is 0 Å². The standard InChI is InChI=1S/C18H19NO4/c1-17(2)13-8-9-18(17,3)16(21)12(15(13)20)10-11-6-4-5-7-14(11)19(22)23/h4-7,10,13H,8-9H2,1-3H3/b12-10+/t13-,18+/m0/s1. The number of hydrogen-bond acceptors (Lipinski definition) is 4. The molecule has 0 aliphatic heterocycles. The summed E-state index contributed by atoms with van der Waals surface area (Å²) in [4.78, 5) is 36.4. The van der Waals surface area contributed by atoms with Gasteiger partial charge in [-0.05, 0) is 30.4 Å². The maximum Gasteiger partial charge on any atom is 0.276 e. The average molecular weight is 313 g/mol. The van der Waals surface area contributed by atoms with Gasteiger partial charge in [0.25, 0.3) is 5.69 Å². The number of allylic oxidation sites excluding steroid dienone is 1. The number of nitro benzene ring substituents is 1. The summed E-state index contributed by atoms with van der Waals surface area (Å²) >= 11 is 0. The molecule has 0 N–H and O–H groups in total. The highest BCUT2D eigenvalue weighted by molar-refractivity contribution is 6.28. The highest BCUT2D eigenvalue weighted by Gasteiger charge is 2.63. The van der Waals surface area contributed by atoms with Crippen molar-refractivity contribution < 1.29 is 14.5 Å². The third-order valence-corrected chi connectivity index (χ3v) is 5.99. The van der Waals surface area contributed by atoms with Gasteiger partial charge < -0.3 is 0 Å². The maximum atomic E-state index is 13.0. The van der Waals surface area contributed by atoms with E-state index in [0.29, 0.717) is 18.4 Å². The lowest BCUT2D eigenvalue weighted by molar-refractivity contribution is -0.385. The first kappa shape index (κ1) is 15.6. The van der Waals surface area contributed by atoms with Gasteiger partial charge in [0.05, 0.1) is 16.1 Å². The van der Waals surface area contributed by atoms with Gasteiger partial charge in [-0.25, -0.2) is 0 Å². The Hall–Kier alpha value is -2.30. The molecule has 5 heteroatoms. The number of hydrogen-bond donors (Lipinski definition) is 0. The molecule has 0 heterocycles. The number of fused-ring (bicyclic) bond motifs is 2. The number of Topliss-reactive ketones (excluding diaryl/α,β-unsaturated/α-hetero) is 2. The second kappa shape index (κ2) is 4.85. The molecule has 2 aliphatic rings. The molecule has 23 heavy (non-hydrogen) atoms. The van der Waals surface area contributed by atoms with Crippen molar-refractivity contribution in [2.24, 2.45) is 16.7 Å². The summed E-state index contributed by atoms with van der Waals surface area (Å²) in [5.41, 5.74) is -0.634. The predicted octanol–water partition coefficient (Wildman–Crippen LogP) is 3.57. The van der Waals surface area contributed by atoms with Crippen molar-refractivity contribution >= 4 is 23.3 Å². The van der Waals surface area contributed by atoms with Crippen LogP contribution in [0.3, 0.4) is 0 Å². The minimum absolute atomic E-state index is 0.0945. The Kier molecular flexibility index (Phi) is 3.29. The van der Waals surface area contributed by atoms with Crippen molar-refractivity contribution in [3.63, 3.8) is 0 Å². The lowest BCUT2D eigenvalue weighted by Gasteiger charge is -2.44. The molecule has 5 nitrogen and oxygen atoms in total. The highest BCUT2D eigenvalue weighted by Crippen LogP contribution is 2.61. The van der Waals surface area contributed by atoms with Crippen LogP contribution in [0.5, 0.6) is 0 Å². The Bertz CT molecular complexity index is 762. The molecule has 2 fully saturated rings. The van der Waals surface area contributed by atoms with Gasteiger partial charge in [-0.1, -0.05) is 32.9 Å². The summed E-state index contributed by atoms with van der Waals surface area (Å²) in [7, 11) is 0. The van der Waals surface area contributed by atoms with Crippen LogP contribution >= 0.6 is 0 Å². The van der Waals surface area contributed by atoms with Crippen LogP contribution < -0.4 is 0 Å². The largest absolute Gasteiger partial charge is 0.294 e. The zero-order valence-corrected chi connectivity index (χ0v) is 13.5. The van der Waals surface area contributed by atoms with E-state index < -0.39 is 10.3 Å². The smallest absolute Gasteiger partial charge is 0.276 e. The summed E-state index contributed by atoms with van der Waals surface area (Å²) in [6, 6.07) is 6.18. The molecule has 1 aromatic rings. The first-order valence-corrected chi connectivity index (χ1v) is 7.74. The fourth-order valence-corrected chi connectivity index (χ4v) is 4.03. The second-order valence-corrected chi connectivity index (χ2v) is 7.21. The number of carbonyl (C=O) groups excluding carboxylic acids is 2. The molecule has 0 radical (unpaired) electrons. The Morgan fingerprint density at radius 3 is 2.52 bits per heavy atom. The molecule has 3 rings (SSSR count). The van der Waals surface area contributed by atoms with E-state index >= 15 is 0 Å². The molecular formula is C18H19NO4. The minimum Gasteiger partial charge on any atom is -0.294 e. The molecule has 120 valence electrons. The van der Waals surface area contributed by atoms with Crippen molar-refractivity contribution in [1.29, 1.82) is 0 Å². The van der Waals surface area contributed by atoms with Gasteiger partial charge in [0.15, 0.2) is 11.6 Å². The van der Waals surface area contributed by atoms with E-state index in [9.17, 15) is 19.7 Å². The molecule has 2 atom stereocenters. The first-order valence-electron chi connectivity index (χ1n) is 7.74. The van der Waals surface area contributed by atoms with E-state index in [4.69, 9.17) is 0 Å². The maximum absolute atomic E-state index is 13.0. The number of ketones is 2. The molecule has 2 aliphatic carbocycles. The van der Waals surface area contributed by atoms with Crippen LogP contribution in [0.1, 0.15) is 39.2 Å². The lowest BCUT2D eigenvalue weighted by Crippen LogP contribution is -2.49. The van der Waals surface area contributed by atoms with Crippen LogP contribution in [-0.4, -0.2) is 16.5 Å². The van der Waals surface area contributed by atoms with Crippen molar-refractivity contribution in [2.75, 3.05) is 0 Å². The fourth-order valence-electron chi connectivity index (χ4n) is 4.03. The average Bonchev–Trinajstić information content (AvgIpc) is 2.69. The monoisotopic (exact) mass is 313 g/mol. The van der Waals surface area contributed by atoms with Gasteiger partial charge in [0, 0.05) is 17.4 Å². The number of nitrogens with zero attached hydrogens (tertiary/aromatic N) is 1. The van der Waals surface area contributed by atoms with E-state index in [1.54, 1.807) is 18.2 Å². The summed E-state index contributed by atoms with van der Waals surface area (Å²) in [6.45, 7) is 5.86. The molecule has 1 aromatic carbocycles. The second-order valence-electron chi connectivity index (χ2n) is 7.21. The first-order chi connectivity index (χ1) is 10.7. The zero-order valence-electron chi connectivity index (χ0n) is 13.5. The molecule has 0 aromatic heterocycles. The third kappa shape index (κ3) is 1.99. The Balaban J connectivity index is 2.14. The van der Waals surface area contributed by atoms with E-state index in [1.807, 2.05) is 20.8 Å². The third-order valence-electron chi connectivity index (χ3n) is 5.99. The Morgan fingerprint density at radius 2 is 1.87 bits per heavy atom. The highest BCUT2D eigenvalue weighted by atomic mass is 16.6. The van der Waals surface area contributed by atoms with Gasteiger partial charge >= 0.3 is 0 Å². The van der Waals surface area contributed by atoms with Gasteiger partial charge in [-0.2, -0.15) is 0 Å². The van der Waals surface area contributed by atoms with Crippen LogP contribution in [-0.2, 0) is 9.59 Å². The quantitative estimate of drug-likeness (QED) is 0.362. The normalized spacial score (nSPS) is 30.7. The number of nitro groups is 1. The number of para-hydroxylation sites is 1. The minimum atomic E-state index is -0.582. The van der Waals surface area contributed by atoms with Crippen molar-refractivity contribution in [3.8, 4) is 0 Å². The van der Waals surface area contributed by atoms with E-state index in [0.717, 1.165) is 0 Å². The zero-order chi connectivity index (χ0) is 17.0. The number of benzene rings is 1.